The van der Waals surface area contributed by atoms with Crippen LogP contribution in [-0.4, -0.2) is 34.4 Å². The molecule has 1 aliphatic heterocycles. The van der Waals surface area contributed by atoms with Crippen LogP contribution >= 0.6 is 11.8 Å². The number of nitrogens with zero attached hydrogens (tertiary/aromatic N) is 1. The Balaban J connectivity index is 2.10. The van der Waals surface area contributed by atoms with E-state index < -0.39 is 0 Å². The minimum absolute atomic E-state index is 0.131. The fraction of sp³-hybridized carbons (Fsp3) is 0.500. The van der Waals surface area contributed by atoms with Crippen LogP contribution in [0.5, 0.6) is 0 Å². The third-order valence-corrected chi connectivity index (χ3v) is 4.45. The molecule has 1 heterocycles. The summed E-state index contributed by atoms with van der Waals surface area (Å²) >= 11 is 1.93. The Morgan fingerprint density at radius 3 is 2.61 bits per heavy atom. The molecule has 0 saturated carbocycles. The van der Waals surface area contributed by atoms with Crippen molar-refractivity contribution in [1.82, 2.24) is 4.90 Å². The third-order valence-electron chi connectivity index (χ3n) is 3.15. The van der Waals surface area contributed by atoms with Crippen molar-refractivity contribution >= 4 is 17.7 Å². The molecule has 1 aliphatic rings. The Morgan fingerprint density at radius 2 is 2.06 bits per heavy atom. The van der Waals surface area contributed by atoms with Gasteiger partial charge in [-0.3, -0.25) is 4.79 Å². The van der Waals surface area contributed by atoms with Gasteiger partial charge in [-0.2, -0.15) is 11.8 Å². The van der Waals surface area contributed by atoms with Gasteiger partial charge < -0.3 is 10.6 Å². The van der Waals surface area contributed by atoms with Gasteiger partial charge in [-0.1, -0.05) is 12.1 Å². The molecule has 2 N–H and O–H groups in total. The molecule has 0 atom stereocenters. The van der Waals surface area contributed by atoms with Crippen molar-refractivity contribution < 1.29 is 4.79 Å². The molecule has 18 heavy (non-hydrogen) atoms. The zero-order valence-corrected chi connectivity index (χ0v) is 11.8. The van der Waals surface area contributed by atoms with Crippen LogP contribution in [0.25, 0.3) is 0 Å². The standard InChI is InChI=1S/C14H20N2OS/c1-14(2)10-16(7-8-18-14)13(17)12-5-3-11(9-15)4-6-12/h3-6H,7-10,15H2,1-2H3. The van der Waals surface area contributed by atoms with Crippen LogP contribution in [0, 0.1) is 0 Å². The Labute approximate surface area is 113 Å². The molecule has 0 spiro atoms. The second kappa shape index (κ2) is 5.33. The van der Waals surface area contributed by atoms with Gasteiger partial charge in [0.1, 0.15) is 0 Å². The van der Waals surface area contributed by atoms with Gasteiger partial charge in [-0.15, -0.1) is 0 Å². The molecule has 0 bridgehead atoms. The number of nitrogens with two attached hydrogens (primary N) is 1. The molecular weight excluding hydrogens is 244 g/mol. The molecule has 1 saturated heterocycles. The van der Waals surface area contributed by atoms with Gasteiger partial charge in [0.05, 0.1) is 0 Å². The molecule has 1 fully saturated rings. The molecule has 0 radical (unpaired) electrons. The van der Waals surface area contributed by atoms with E-state index in [1.165, 1.54) is 0 Å². The zero-order valence-electron chi connectivity index (χ0n) is 11.0. The summed E-state index contributed by atoms with van der Waals surface area (Å²) in [5.41, 5.74) is 7.37. The van der Waals surface area contributed by atoms with Gasteiger partial charge in [0, 0.05) is 35.7 Å². The second-order valence-corrected chi connectivity index (χ2v) is 7.04. The Kier molecular flexibility index (Phi) is 3.97. The number of carbonyl (C=O) groups excluding carboxylic acids is 1. The highest BCUT2D eigenvalue weighted by atomic mass is 32.2. The monoisotopic (exact) mass is 264 g/mol. The number of hydrogen-bond donors (Lipinski definition) is 1. The average molecular weight is 264 g/mol. The van der Waals surface area contributed by atoms with Gasteiger partial charge in [0.2, 0.25) is 0 Å². The van der Waals surface area contributed by atoms with Gasteiger partial charge in [-0.25, -0.2) is 0 Å². The van der Waals surface area contributed by atoms with Crippen LogP contribution in [0.2, 0.25) is 0 Å². The van der Waals surface area contributed by atoms with Crippen molar-refractivity contribution in [1.29, 1.82) is 0 Å². The molecule has 0 unspecified atom stereocenters. The maximum absolute atomic E-state index is 12.4. The minimum Gasteiger partial charge on any atom is -0.336 e. The molecule has 3 nitrogen and oxygen atoms in total. The maximum atomic E-state index is 12.4. The number of amides is 1. The van der Waals surface area contributed by atoms with E-state index in [9.17, 15) is 4.79 Å². The molecule has 4 heteroatoms. The van der Waals surface area contributed by atoms with Crippen molar-refractivity contribution in [2.45, 2.75) is 25.1 Å². The van der Waals surface area contributed by atoms with E-state index in [4.69, 9.17) is 5.73 Å². The fourth-order valence-electron chi connectivity index (χ4n) is 2.16. The third kappa shape index (κ3) is 3.06. The summed E-state index contributed by atoms with van der Waals surface area (Å²) in [4.78, 5) is 14.3. The zero-order chi connectivity index (χ0) is 13.2. The number of carbonyl (C=O) groups is 1. The number of hydrogen-bond acceptors (Lipinski definition) is 3. The van der Waals surface area contributed by atoms with Crippen molar-refractivity contribution in [3.05, 3.63) is 35.4 Å². The Hall–Kier alpha value is -1.00. The van der Waals surface area contributed by atoms with E-state index in [0.717, 1.165) is 30.0 Å². The number of thioether (sulfide) groups is 1. The lowest BCUT2D eigenvalue weighted by Gasteiger charge is -2.37. The summed E-state index contributed by atoms with van der Waals surface area (Å²) in [6, 6.07) is 7.60. The first-order valence-corrected chi connectivity index (χ1v) is 7.23. The Bertz CT molecular complexity index is 428. The highest BCUT2D eigenvalue weighted by molar-refractivity contribution is 8.00. The van der Waals surface area contributed by atoms with E-state index in [1.807, 2.05) is 40.9 Å². The number of benzene rings is 1. The van der Waals surface area contributed by atoms with Gasteiger partial charge >= 0.3 is 0 Å². The highest BCUT2D eigenvalue weighted by Gasteiger charge is 2.30. The largest absolute Gasteiger partial charge is 0.336 e. The molecular formula is C14H20N2OS. The summed E-state index contributed by atoms with van der Waals surface area (Å²) < 4.78 is 0.158. The molecule has 1 aromatic rings. The Morgan fingerprint density at radius 1 is 1.39 bits per heavy atom. The highest BCUT2D eigenvalue weighted by Crippen LogP contribution is 2.30. The lowest BCUT2D eigenvalue weighted by molar-refractivity contribution is 0.0748. The molecule has 0 aliphatic carbocycles. The van der Waals surface area contributed by atoms with E-state index >= 15 is 0 Å². The molecule has 1 amide bonds. The lowest BCUT2D eigenvalue weighted by Crippen LogP contribution is -2.46. The smallest absolute Gasteiger partial charge is 0.253 e. The van der Waals surface area contributed by atoms with Crippen molar-refractivity contribution in [2.75, 3.05) is 18.8 Å². The predicted molar refractivity (Wildman–Crippen MR) is 76.8 cm³/mol. The molecule has 1 aromatic carbocycles. The quantitative estimate of drug-likeness (QED) is 0.890. The van der Waals surface area contributed by atoms with E-state index in [1.54, 1.807) is 0 Å². The first-order chi connectivity index (χ1) is 8.52. The normalized spacial score (nSPS) is 18.7. The van der Waals surface area contributed by atoms with Gasteiger partial charge in [0.15, 0.2) is 0 Å². The second-order valence-electron chi connectivity index (χ2n) is 5.24. The van der Waals surface area contributed by atoms with E-state index in [-0.39, 0.29) is 10.7 Å². The van der Waals surface area contributed by atoms with Gasteiger partial charge in [-0.05, 0) is 31.5 Å². The van der Waals surface area contributed by atoms with Crippen LogP contribution in [-0.2, 0) is 6.54 Å². The van der Waals surface area contributed by atoms with Crippen LogP contribution in [0.4, 0.5) is 0 Å². The summed E-state index contributed by atoms with van der Waals surface area (Å²) in [5, 5.41) is 0. The van der Waals surface area contributed by atoms with Crippen LogP contribution < -0.4 is 5.73 Å². The van der Waals surface area contributed by atoms with E-state index in [2.05, 4.69) is 13.8 Å². The summed E-state index contributed by atoms with van der Waals surface area (Å²) in [5.74, 6) is 1.14. The van der Waals surface area contributed by atoms with Crippen LogP contribution in [0.3, 0.4) is 0 Å². The minimum atomic E-state index is 0.131. The molecule has 98 valence electrons. The van der Waals surface area contributed by atoms with Crippen LogP contribution in [0.1, 0.15) is 29.8 Å². The number of rotatable bonds is 2. The summed E-state index contributed by atoms with van der Waals surface area (Å²) in [6.07, 6.45) is 0. The average Bonchev–Trinajstić information content (AvgIpc) is 2.37. The molecule has 0 aromatic heterocycles. The SMILES string of the molecule is CC1(C)CN(C(=O)c2ccc(CN)cc2)CCS1. The lowest BCUT2D eigenvalue weighted by atomic mass is 10.1. The molecule has 2 rings (SSSR count). The van der Waals surface area contributed by atoms with Gasteiger partial charge in [0.25, 0.3) is 5.91 Å². The van der Waals surface area contributed by atoms with E-state index in [0.29, 0.717) is 6.54 Å². The topological polar surface area (TPSA) is 46.3 Å². The fourth-order valence-corrected chi connectivity index (χ4v) is 3.27. The van der Waals surface area contributed by atoms with Crippen molar-refractivity contribution in [3.63, 3.8) is 0 Å². The maximum Gasteiger partial charge on any atom is 0.253 e. The summed E-state index contributed by atoms with van der Waals surface area (Å²) in [7, 11) is 0. The van der Waals surface area contributed by atoms with Crippen molar-refractivity contribution in [2.24, 2.45) is 5.73 Å². The predicted octanol–water partition coefficient (Wildman–Crippen LogP) is 2.11. The van der Waals surface area contributed by atoms with Crippen molar-refractivity contribution in [3.8, 4) is 0 Å². The first kappa shape index (κ1) is 13.4. The van der Waals surface area contributed by atoms with Crippen LogP contribution in [0.15, 0.2) is 24.3 Å². The summed E-state index contributed by atoms with van der Waals surface area (Å²) in [6.45, 7) is 6.55. The first-order valence-electron chi connectivity index (χ1n) is 6.24.